The summed E-state index contributed by atoms with van der Waals surface area (Å²) in [5, 5.41) is 15.8. The van der Waals surface area contributed by atoms with Gasteiger partial charge in [0, 0.05) is 36.6 Å². The Balaban J connectivity index is 0.00000159. The number of nitrogens with one attached hydrogen (secondary N) is 1. The van der Waals surface area contributed by atoms with Gasteiger partial charge in [-0.15, -0.1) is 0 Å². The lowest BCUT2D eigenvalue weighted by Crippen LogP contribution is -2.51. The van der Waals surface area contributed by atoms with Gasteiger partial charge in [0.1, 0.15) is 29.4 Å². The number of fused-ring (bicyclic) bond motifs is 4. The van der Waals surface area contributed by atoms with Crippen LogP contribution >= 0.6 is 0 Å². The molecular formula is C36H42F2N6O3. The molecular weight excluding hydrogens is 602 g/mol. The third kappa shape index (κ3) is 5.22. The lowest BCUT2D eigenvalue weighted by atomic mass is 9.95. The first-order valence-electron chi connectivity index (χ1n) is 17.3. The maximum Gasteiger partial charge on any atom is 0.319 e. The Morgan fingerprint density at radius 2 is 1.81 bits per heavy atom. The minimum atomic E-state index is -0.647. The second-order valence-corrected chi connectivity index (χ2v) is 13.4. The molecule has 0 unspecified atom stereocenters. The Hall–Kier alpha value is -3.83. The Morgan fingerprint density at radius 3 is 2.60 bits per heavy atom. The van der Waals surface area contributed by atoms with Crippen LogP contribution in [-0.2, 0) is 6.42 Å². The topological polar surface area (TPSA) is 95.9 Å². The summed E-state index contributed by atoms with van der Waals surface area (Å²) in [4.78, 5) is 19.4. The van der Waals surface area contributed by atoms with Crippen molar-refractivity contribution >= 4 is 27.5 Å². The van der Waals surface area contributed by atoms with E-state index in [0.717, 1.165) is 77.7 Å². The van der Waals surface area contributed by atoms with Crippen molar-refractivity contribution in [2.45, 2.75) is 82.9 Å². The van der Waals surface area contributed by atoms with E-state index in [0.29, 0.717) is 40.7 Å². The van der Waals surface area contributed by atoms with Gasteiger partial charge in [-0.05, 0) is 88.0 Å². The third-order valence-electron chi connectivity index (χ3n) is 10.5. The van der Waals surface area contributed by atoms with Crippen molar-refractivity contribution in [3.05, 3.63) is 41.6 Å². The molecule has 5 aliphatic rings. The Bertz CT molecular complexity index is 1840. The number of aryl methyl sites for hydroxylation is 1. The van der Waals surface area contributed by atoms with Gasteiger partial charge in [-0.25, -0.2) is 13.8 Å². The molecule has 4 aromatic rings. The number of piperazine rings is 1. The van der Waals surface area contributed by atoms with Gasteiger partial charge in [0.2, 0.25) is 0 Å². The van der Waals surface area contributed by atoms with Crippen molar-refractivity contribution in [3.63, 3.8) is 0 Å². The number of hydrogen-bond acceptors (Lipinski definition) is 9. The Labute approximate surface area is 273 Å². The van der Waals surface area contributed by atoms with E-state index < -0.39 is 11.6 Å². The number of aromatic nitrogens is 3. The highest BCUT2D eigenvalue weighted by Crippen LogP contribution is 2.45. The van der Waals surface area contributed by atoms with E-state index >= 15 is 8.78 Å². The predicted octanol–water partition coefficient (Wildman–Crippen LogP) is 6.13. The van der Waals surface area contributed by atoms with Crippen LogP contribution in [-0.4, -0.2) is 82.0 Å². The van der Waals surface area contributed by atoms with Crippen molar-refractivity contribution in [1.29, 1.82) is 0 Å². The highest BCUT2D eigenvalue weighted by molar-refractivity contribution is 6.04. The maximum atomic E-state index is 17.1. The first-order chi connectivity index (χ1) is 23.0. The lowest BCUT2D eigenvalue weighted by Gasteiger charge is -2.36. The zero-order chi connectivity index (χ0) is 32.3. The van der Waals surface area contributed by atoms with Crippen LogP contribution in [0.3, 0.4) is 0 Å². The van der Waals surface area contributed by atoms with Crippen LogP contribution in [0.25, 0.3) is 32.9 Å². The zero-order valence-electron chi connectivity index (χ0n) is 27.1. The molecule has 47 heavy (non-hydrogen) atoms. The van der Waals surface area contributed by atoms with Gasteiger partial charge in [0.25, 0.3) is 0 Å². The fourth-order valence-corrected chi connectivity index (χ4v) is 8.14. The molecule has 248 valence electrons. The fraction of sp³-hybridized carbons (Fsp3) is 0.528. The molecule has 4 aliphatic heterocycles. The number of nitrogens with zero attached hydrogens (tertiary/aromatic N) is 5. The van der Waals surface area contributed by atoms with Gasteiger partial charge in [0.15, 0.2) is 17.4 Å². The van der Waals surface area contributed by atoms with Gasteiger partial charge in [-0.1, -0.05) is 19.9 Å². The first kappa shape index (κ1) is 30.5. The molecule has 0 spiro atoms. The normalized spacial score (nSPS) is 21.6. The molecule has 3 saturated heterocycles. The number of aromatic hydroxyl groups is 1. The van der Waals surface area contributed by atoms with E-state index in [1.54, 1.807) is 6.07 Å². The smallest absolute Gasteiger partial charge is 0.319 e. The van der Waals surface area contributed by atoms with Crippen molar-refractivity contribution in [2.75, 3.05) is 44.2 Å². The highest BCUT2D eigenvalue weighted by atomic mass is 19.1. The van der Waals surface area contributed by atoms with Crippen molar-refractivity contribution in [3.8, 4) is 28.8 Å². The second-order valence-electron chi connectivity index (χ2n) is 13.4. The summed E-state index contributed by atoms with van der Waals surface area (Å²) in [6, 6.07) is 6.22. The summed E-state index contributed by atoms with van der Waals surface area (Å²) in [6.07, 6.45) is 7.43. The molecule has 9 rings (SSSR count). The number of ether oxygens (including phenoxy) is 2. The molecule has 4 fully saturated rings. The molecule has 6 heterocycles. The van der Waals surface area contributed by atoms with E-state index in [4.69, 9.17) is 24.4 Å². The van der Waals surface area contributed by atoms with Crippen LogP contribution in [0, 0.1) is 11.6 Å². The van der Waals surface area contributed by atoms with E-state index in [1.807, 2.05) is 13.8 Å². The minimum Gasteiger partial charge on any atom is -0.508 e. The number of phenolic OH excluding ortho intramolecular Hbond substituents is 1. The van der Waals surface area contributed by atoms with Gasteiger partial charge in [-0.2, -0.15) is 9.97 Å². The van der Waals surface area contributed by atoms with Gasteiger partial charge in [0.05, 0.1) is 22.7 Å². The number of halogens is 2. The second kappa shape index (κ2) is 12.0. The lowest BCUT2D eigenvalue weighted by molar-refractivity contribution is 0.108. The number of rotatable bonds is 6. The Kier molecular flexibility index (Phi) is 7.79. The Morgan fingerprint density at radius 1 is 1.00 bits per heavy atom. The van der Waals surface area contributed by atoms with Crippen LogP contribution in [0.15, 0.2) is 24.3 Å². The van der Waals surface area contributed by atoms with Crippen LogP contribution in [0.5, 0.6) is 17.5 Å². The predicted molar refractivity (Wildman–Crippen MR) is 177 cm³/mol. The largest absolute Gasteiger partial charge is 0.508 e. The molecule has 1 aliphatic carbocycles. The van der Waals surface area contributed by atoms with Crippen molar-refractivity contribution < 1.29 is 23.4 Å². The molecule has 9 nitrogen and oxygen atoms in total. The molecule has 2 N–H and O–H groups in total. The highest BCUT2D eigenvalue weighted by Gasteiger charge is 2.45. The number of hydrogen-bond donors (Lipinski definition) is 2. The number of anilines is 1. The summed E-state index contributed by atoms with van der Waals surface area (Å²) >= 11 is 0. The van der Waals surface area contributed by atoms with Crippen LogP contribution in [0.4, 0.5) is 14.6 Å². The monoisotopic (exact) mass is 644 g/mol. The van der Waals surface area contributed by atoms with Crippen molar-refractivity contribution in [2.24, 2.45) is 0 Å². The molecule has 0 amide bonds. The molecule has 11 heteroatoms. The summed E-state index contributed by atoms with van der Waals surface area (Å²) in [5.41, 5.74) is 1.09. The number of benzene rings is 2. The number of pyridine rings is 1. The summed E-state index contributed by atoms with van der Waals surface area (Å²) < 4.78 is 44.8. The maximum absolute atomic E-state index is 17.1. The van der Waals surface area contributed by atoms with Crippen LogP contribution < -0.4 is 19.7 Å². The third-order valence-corrected chi connectivity index (χ3v) is 10.5. The van der Waals surface area contributed by atoms with Gasteiger partial charge in [-0.3, -0.25) is 4.90 Å². The fourth-order valence-electron chi connectivity index (χ4n) is 8.14. The van der Waals surface area contributed by atoms with E-state index in [9.17, 15) is 5.11 Å². The van der Waals surface area contributed by atoms with Gasteiger partial charge >= 0.3 is 6.01 Å². The van der Waals surface area contributed by atoms with Crippen LogP contribution in [0.1, 0.15) is 64.5 Å². The number of phenols is 1. The molecule has 1 saturated carbocycles. The summed E-state index contributed by atoms with van der Waals surface area (Å²) in [7, 11) is 0. The molecule has 2 aromatic carbocycles. The van der Waals surface area contributed by atoms with Crippen molar-refractivity contribution in [1.82, 2.24) is 25.2 Å². The average Bonchev–Trinajstić information content (AvgIpc) is 3.73. The van der Waals surface area contributed by atoms with E-state index in [1.165, 1.54) is 18.2 Å². The molecule has 2 aromatic heterocycles. The standard InChI is InChI=1S/C34H36F2N6O3.C2H6/c35-24-7-3-19-15-21(43)16-23(26(19)31(24)45-22-5-6-22)29-28(36)30-27-25(38-29)8-4-20-17-37-11-14-42(20)32(27)40-33(39-30)44-18-34-9-1-12-41(34)13-2-10-34;1-2/h3,7,15-16,20,22,37,43H,1-2,4-6,8-14,17-18H2;1-2H3/t20-;/m1./s1. The van der Waals surface area contributed by atoms with E-state index in [-0.39, 0.29) is 52.0 Å². The van der Waals surface area contributed by atoms with Gasteiger partial charge < -0.3 is 24.8 Å². The first-order valence-corrected chi connectivity index (χ1v) is 17.3. The minimum absolute atomic E-state index is 0.00889. The SMILES string of the molecule is CC.Oc1cc(-c2nc3c4c(nc(OCC56CCCN5CCC6)nc4c2F)N2CCNC[C@H]2CC3)c2c(OC3CC3)c(F)ccc2c1. The molecule has 0 radical (unpaired) electrons. The molecule has 0 bridgehead atoms. The summed E-state index contributed by atoms with van der Waals surface area (Å²) in [6.45, 7) is 8.94. The average molecular weight is 645 g/mol. The quantitative estimate of drug-likeness (QED) is 0.257. The van der Waals surface area contributed by atoms with Crippen LogP contribution in [0.2, 0.25) is 0 Å². The molecule has 1 atom stereocenters. The summed E-state index contributed by atoms with van der Waals surface area (Å²) in [5.74, 6) is -0.530. The zero-order valence-corrected chi connectivity index (χ0v) is 27.1. The van der Waals surface area contributed by atoms with E-state index in [2.05, 4.69) is 15.1 Å².